The Hall–Kier alpha value is -2.42. The summed E-state index contributed by atoms with van der Waals surface area (Å²) in [7, 11) is 3.11. The molecule has 2 heterocycles. The van der Waals surface area contributed by atoms with E-state index >= 15 is 0 Å². The minimum Gasteiger partial charge on any atom is -0.509 e. The predicted molar refractivity (Wildman–Crippen MR) is 122 cm³/mol. The SMILES string of the molecule is COCON1C(=O)C(c2cc(-c3ccc(Cl)cc3)ccc2C)=C(O)C12CCN(OC)CC2. The van der Waals surface area contributed by atoms with Crippen molar-refractivity contribution >= 4 is 23.1 Å². The zero-order valence-corrected chi connectivity index (χ0v) is 19.2. The molecule has 0 bridgehead atoms. The molecule has 1 fully saturated rings. The first-order valence-corrected chi connectivity index (χ1v) is 10.8. The van der Waals surface area contributed by atoms with Crippen LogP contribution in [0.1, 0.15) is 24.0 Å². The molecule has 0 unspecified atom stereocenters. The average molecular weight is 459 g/mol. The molecule has 32 heavy (non-hydrogen) atoms. The fourth-order valence-electron chi connectivity index (χ4n) is 4.45. The maximum atomic E-state index is 13.6. The Bertz CT molecular complexity index is 1030. The highest BCUT2D eigenvalue weighted by atomic mass is 35.5. The van der Waals surface area contributed by atoms with Crippen molar-refractivity contribution in [1.29, 1.82) is 0 Å². The van der Waals surface area contributed by atoms with Crippen molar-refractivity contribution in [3.63, 3.8) is 0 Å². The average Bonchev–Trinajstić information content (AvgIpc) is 3.00. The molecule has 0 aromatic heterocycles. The number of piperidine rings is 1. The van der Waals surface area contributed by atoms with E-state index in [1.54, 1.807) is 7.11 Å². The van der Waals surface area contributed by atoms with E-state index in [2.05, 4.69) is 0 Å². The molecule has 8 heteroatoms. The second-order valence-corrected chi connectivity index (χ2v) is 8.47. The van der Waals surface area contributed by atoms with Gasteiger partial charge in [-0.1, -0.05) is 35.9 Å². The summed E-state index contributed by atoms with van der Waals surface area (Å²) in [5.41, 5.74) is 2.77. The molecular formula is C24H27ClN2O5. The molecule has 2 aromatic carbocycles. The van der Waals surface area contributed by atoms with Gasteiger partial charge in [0.25, 0.3) is 5.91 Å². The summed E-state index contributed by atoms with van der Waals surface area (Å²) in [4.78, 5) is 24.6. The fraction of sp³-hybridized carbons (Fsp3) is 0.375. The van der Waals surface area contributed by atoms with Crippen LogP contribution in [0, 0.1) is 6.92 Å². The normalized spacial score (nSPS) is 18.8. The van der Waals surface area contributed by atoms with Crippen LogP contribution >= 0.6 is 11.6 Å². The topological polar surface area (TPSA) is 71.5 Å². The zero-order chi connectivity index (χ0) is 22.9. The third kappa shape index (κ3) is 3.91. The molecule has 0 atom stereocenters. The summed E-state index contributed by atoms with van der Waals surface area (Å²) < 4.78 is 5.05. The van der Waals surface area contributed by atoms with Gasteiger partial charge in [-0.15, -0.1) is 0 Å². The largest absolute Gasteiger partial charge is 0.509 e. The summed E-state index contributed by atoms with van der Waals surface area (Å²) >= 11 is 6.03. The quantitative estimate of drug-likeness (QED) is 0.648. The number of carbonyl (C=O) groups excluding carboxylic acids is 1. The number of aliphatic hydroxyl groups is 1. The van der Waals surface area contributed by atoms with Crippen molar-refractivity contribution in [1.82, 2.24) is 10.1 Å². The number of aryl methyl sites for hydroxylation is 1. The summed E-state index contributed by atoms with van der Waals surface area (Å²) in [5, 5.41) is 15.2. The number of halogens is 1. The van der Waals surface area contributed by atoms with E-state index in [1.807, 2.05) is 54.5 Å². The van der Waals surface area contributed by atoms with E-state index in [-0.39, 0.29) is 24.0 Å². The van der Waals surface area contributed by atoms with Gasteiger partial charge in [-0.25, -0.2) is 9.90 Å². The van der Waals surface area contributed by atoms with Crippen LogP contribution in [0.3, 0.4) is 0 Å². The zero-order valence-electron chi connectivity index (χ0n) is 18.4. The molecule has 1 saturated heterocycles. The van der Waals surface area contributed by atoms with Crippen molar-refractivity contribution in [2.45, 2.75) is 25.3 Å². The smallest absolute Gasteiger partial charge is 0.282 e. The van der Waals surface area contributed by atoms with E-state index in [4.69, 9.17) is 26.0 Å². The number of rotatable bonds is 6. The van der Waals surface area contributed by atoms with Gasteiger partial charge in [-0.3, -0.25) is 4.79 Å². The lowest BCUT2D eigenvalue weighted by Crippen LogP contribution is -2.55. The Morgan fingerprint density at radius 3 is 2.34 bits per heavy atom. The van der Waals surface area contributed by atoms with Crippen LogP contribution in [-0.2, 0) is 19.2 Å². The number of amides is 1. The van der Waals surface area contributed by atoms with Crippen LogP contribution < -0.4 is 0 Å². The summed E-state index contributed by atoms with van der Waals surface area (Å²) in [6.45, 7) is 2.94. The van der Waals surface area contributed by atoms with Crippen LogP contribution in [0.2, 0.25) is 5.02 Å². The molecular weight excluding hydrogens is 432 g/mol. The summed E-state index contributed by atoms with van der Waals surface area (Å²) in [5.74, 6) is -0.340. The molecule has 4 rings (SSSR count). The number of benzene rings is 2. The highest BCUT2D eigenvalue weighted by molar-refractivity contribution is 6.30. The van der Waals surface area contributed by atoms with Gasteiger partial charge in [-0.05, 0) is 60.2 Å². The number of ether oxygens (including phenoxy) is 1. The lowest BCUT2D eigenvalue weighted by Gasteiger charge is -2.42. The van der Waals surface area contributed by atoms with Crippen LogP contribution in [0.4, 0.5) is 0 Å². The predicted octanol–water partition coefficient (Wildman–Crippen LogP) is 4.36. The van der Waals surface area contributed by atoms with Gasteiger partial charge in [0.2, 0.25) is 0 Å². The van der Waals surface area contributed by atoms with Crippen molar-refractivity contribution in [2.75, 3.05) is 34.1 Å². The lowest BCUT2D eigenvalue weighted by atomic mass is 9.85. The van der Waals surface area contributed by atoms with Crippen molar-refractivity contribution in [3.05, 3.63) is 64.4 Å². The van der Waals surface area contributed by atoms with Gasteiger partial charge in [-0.2, -0.15) is 5.06 Å². The molecule has 2 aromatic rings. The van der Waals surface area contributed by atoms with Crippen molar-refractivity contribution in [3.8, 4) is 11.1 Å². The molecule has 2 aliphatic heterocycles. The highest BCUT2D eigenvalue weighted by Gasteiger charge is 2.55. The molecule has 0 aliphatic carbocycles. The lowest BCUT2D eigenvalue weighted by molar-refractivity contribution is -0.259. The fourth-order valence-corrected chi connectivity index (χ4v) is 4.57. The Balaban J connectivity index is 1.78. The first-order valence-electron chi connectivity index (χ1n) is 10.5. The third-order valence-electron chi connectivity index (χ3n) is 6.26. The molecule has 0 saturated carbocycles. The number of carbonyl (C=O) groups is 1. The molecule has 2 aliphatic rings. The van der Waals surface area contributed by atoms with Gasteiger partial charge < -0.3 is 14.7 Å². The summed E-state index contributed by atoms with van der Waals surface area (Å²) in [6, 6.07) is 13.4. The first-order chi connectivity index (χ1) is 15.4. The van der Waals surface area contributed by atoms with Gasteiger partial charge in [0.1, 0.15) is 11.3 Å². The van der Waals surface area contributed by atoms with Gasteiger partial charge in [0.15, 0.2) is 6.79 Å². The number of aliphatic hydroxyl groups excluding tert-OH is 1. The molecule has 170 valence electrons. The minimum atomic E-state index is -0.956. The number of hydroxylamine groups is 4. The van der Waals surface area contributed by atoms with Crippen molar-refractivity contribution < 1.29 is 24.3 Å². The summed E-state index contributed by atoms with van der Waals surface area (Å²) in [6.07, 6.45) is 0.948. The van der Waals surface area contributed by atoms with Crippen LogP contribution in [0.25, 0.3) is 16.7 Å². The Morgan fingerprint density at radius 2 is 1.72 bits per heavy atom. The van der Waals surface area contributed by atoms with Crippen molar-refractivity contribution in [2.24, 2.45) is 0 Å². The molecule has 1 spiro atoms. The van der Waals surface area contributed by atoms with E-state index < -0.39 is 5.54 Å². The molecule has 1 amide bonds. The van der Waals surface area contributed by atoms with Crippen LogP contribution in [0.15, 0.2) is 48.2 Å². The van der Waals surface area contributed by atoms with E-state index in [0.29, 0.717) is 36.5 Å². The minimum absolute atomic E-state index is 0.0331. The maximum absolute atomic E-state index is 13.6. The highest BCUT2D eigenvalue weighted by Crippen LogP contribution is 2.46. The van der Waals surface area contributed by atoms with E-state index in [1.165, 1.54) is 12.2 Å². The number of nitrogens with zero attached hydrogens (tertiary/aromatic N) is 2. The van der Waals surface area contributed by atoms with E-state index in [9.17, 15) is 9.90 Å². The van der Waals surface area contributed by atoms with Gasteiger partial charge >= 0.3 is 0 Å². The number of hydrogen-bond acceptors (Lipinski definition) is 6. The maximum Gasteiger partial charge on any atom is 0.282 e. The van der Waals surface area contributed by atoms with Gasteiger partial charge in [0.05, 0.1) is 12.7 Å². The molecule has 7 nitrogen and oxygen atoms in total. The van der Waals surface area contributed by atoms with Gasteiger partial charge in [0, 0.05) is 25.2 Å². The van der Waals surface area contributed by atoms with E-state index in [0.717, 1.165) is 16.7 Å². The number of hydrogen-bond donors (Lipinski definition) is 1. The first kappa shape index (κ1) is 22.8. The Kier molecular flexibility index (Phi) is 6.55. The van der Waals surface area contributed by atoms with Crippen LogP contribution in [0.5, 0.6) is 0 Å². The molecule has 0 radical (unpaired) electrons. The van der Waals surface area contributed by atoms with Crippen LogP contribution in [-0.4, -0.2) is 60.8 Å². The second-order valence-electron chi connectivity index (χ2n) is 8.04. The Labute approximate surface area is 192 Å². The molecule has 1 N–H and O–H groups in total. The third-order valence-corrected chi connectivity index (χ3v) is 6.51. The monoisotopic (exact) mass is 458 g/mol. The number of methoxy groups -OCH3 is 1. The second kappa shape index (κ2) is 9.21. The standard InChI is InChI=1S/C24H27ClN2O5/c1-16-4-5-18(17-6-8-19(25)9-7-17)14-20(16)21-22(28)24(10-12-26(31-3)13-11-24)27(23(21)29)32-15-30-2/h4-9,14,28H,10-13,15H2,1-3H3. The Morgan fingerprint density at radius 1 is 1.06 bits per heavy atom.